The van der Waals surface area contributed by atoms with E-state index >= 15 is 0 Å². The molecule has 0 spiro atoms. The van der Waals surface area contributed by atoms with Crippen molar-refractivity contribution in [1.29, 1.82) is 0 Å². The molecule has 3 rings (SSSR count). The lowest BCUT2D eigenvalue weighted by molar-refractivity contribution is 0.686. The largest absolute Gasteiger partial charge is 0.367 e. The van der Waals surface area contributed by atoms with Gasteiger partial charge >= 0.3 is 0 Å². The molecule has 2 aromatic rings. The van der Waals surface area contributed by atoms with E-state index in [1.165, 1.54) is 25.7 Å². The Morgan fingerprint density at radius 2 is 2.29 bits per heavy atom. The van der Waals surface area contributed by atoms with Crippen LogP contribution in [0.4, 0.5) is 5.82 Å². The summed E-state index contributed by atoms with van der Waals surface area (Å²) in [5, 5.41) is 11.5. The molecular formula is C12H17N5. The topological polar surface area (TPSA) is 55.1 Å². The third-order valence-electron chi connectivity index (χ3n) is 3.28. The maximum Gasteiger partial charge on any atom is 0.203 e. The van der Waals surface area contributed by atoms with Gasteiger partial charge in [-0.1, -0.05) is 12.8 Å². The molecule has 1 fully saturated rings. The van der Waals surface area contributed by atoms with Crippen molar-refractivity contribution in [3.8, 4) is 0 Å². The molecule has 1 aliphatic carbocycles. The summed E-state index contributed by atoms with van der Waals surface area (Å²) >= 11 is 0. The Bertz CT molecular complexity index is 515. The molecule has 1 N–H and O–H groups in total. The first-order valence-electron chi connectivity index (χ1n) is 6.25. The highest BCUT2D eigenvalue weighted by Gasteiger charge is 2.20. The standard InChI is InChI=1S/C12H17N5/c1-9-15-16-12-11(14-7-8-17(9)12)13-6-2-3-10-4-5-10/h7-8,10H,2-6H2,1H3,(H,13,14). The number of hydrogen-bond acceptors (Lipinski definition) is 4. The minimum absolute atomic E-state index is 0.816. The van der Waals surface area contributed by atoms with Gasteiger partial charge in [0.1, 0.15) is 5.82 Å². The van der Waals surface area contributed by atoms with Gasteiger partial charge in [0, 0.05) is 18.9 Å². The number of hydrogen-bond donors (Lipinski definition) is 1. The second-order valence-electron chi connectivity index (χ2n) is 4.73. The predicted octanol–water partition coefficient (Wildman–Crippen LogP) is 2.03. The molecule has 5 heteroatoms. The monoisotopic (exact) mass is 231 g/mol. The molecule has 2 heterocycles. The highest BCUT2D eigenvalue weighted by molar-refractivity contribution is 5.61. The first kappa shape index (κ1) is 10.5. The summed E-state index contributed by atoms with van der Waals surface area (Å²) in [6.07, 6.45) is 9.07. The van der Waals surface area contributed by atoms with Gasteiger partial charge in [-0.05, 0) is 25.7 Å². The van der Waals surface area contributed by atoms with Gasteiger partial charge < -0.3 is 5.32 Å². The summed E-state index contributed by atoms with van der Waals surface area (Å²) in [7, 11) is 0. The summed E-state index contributed by atoms with van der Waals surface area (Å²) < 4.78 is 1.95. The molecule has 1 aliphatic rings. The van der Waals surface area contributed by atoms with Crippen LogP contribution in [0.2, 0.25) is 0 Å². The third-order valence-corrected chi connectivity index (χ3v) is 3.28. The zero-order chi connectivity index (χ0) is 11.7. The van der Waals surface area contributed by atoms with Crippen LogP contribution in [0.3, 0.4) is 0 Å². The van der Waals surface area contributed by atoms with Gasteiger partial charge in [0.25, 0.3) is 0 Å². The summed E-state index contributed by atoms with van der Waals surface area (Å²) in [5.74, 6) is 2.73. The maximum absolute atomic E-state index is 4.32. The van der Waals surface area contributed by atoms with Crippen LogP contribution < -0.4 is 5.32 Å². The van der Waals surface area contributed by atoms with E-state index < -0.39 is 0 Å². The van der Waals surface area contributed by atoms with Crippen molar-refractivity contribution in [2.24, 2.45) is 5.92 Å². The summed E-state index contributed by atoms with van der Waals surface area (Å²) in [6.45, 7) is 2.91. The molecule has 17 heavy (non-hydrogen) atoms. The zero-order valence-electron chi connectivity index (χ0n) is 10.1. The number of nitrogens with one attached hydrogen (secondary N) is 1. The van der Waals surface area contributed by atoms with Gasteiger partial charge in [0.15, 0.2) is 5.82 Å². The van der Waals surface area contributed by atoms with Gasteiger partial charge in [-0.25, -0.2) is 4.98 Å². The molecule has 2 aromatic heterocycles. The average molecular weight is 231 g/mol. The van der Waals surface area contributed by atoms with Crippen molar-refractivity contribution in [1.82, 2.24) is 19.6 Å². The lowest BCUT2D eigenvalue weighted by atomic mass is 10.2. The van der Waals surface area contributed by atoms with E-state index in [9.17, 15) is 0 Å². The second kappa shape index (κ2) is 4.31. The molecule has 5 nitrogen and oxygen atoms in total. The van der Waals surface area contributed by atoms with Crippen LogP contribution in [0.15, 0.2) is 12.4 Å². The number of rotatable bonds is 5. The van der Waals surface area contributed by atoms with Gasteiger partial charge in [-0.2, -0.15) is 0 Å². The fourth-order valence-electron chi connectivity index (χ4n) is 2.07. The highest BCUT2D eigenvalue weighted by atomic mass is 15.3. The van der Waals surface area contributed by atoms with Crippen molar-refractivity contribution >= 4 is 11.5 Å². The molecule has 0 atom stereocenters. The molecular weight excluding hydrogens is 214 g/mol. The lowest BCUT2D eigenvalue weighted by Gasteiger charge is -2.05. The molecule has 0 aromatic carbocycles. The first-order valence-corrected chi connectivity index (χ1v) is 6.25. The number of aryl methyl sites for hydroxylation is 1. The van der Waals surface area contributed by atoms with E-state index in [4.69, 9.17) is 0 Å². The van der Waals surface area contributed by atoms with Crippen LogP contribution in [0.25, 0.3) is 5.65 Å². The van der Waals surface area contributed by atoms with E-state index in [0.29, 0.717) is 0 Å². The van der Waals surface area contributed by atoms with Crippen LogP contribution >= 0.6 is 0 Å². The normalized spacial score (nSPS) is 15.4. The van der Waals surface area contributed by atoms with Gasteiger partial charge in [-0.3, -0.25) is 4.40 Å². The summed E-state index contributed by atoms with van der Waals surface area (Å²) in [6, 6.07) is 0. The predicted molar refractivity (Wildman–Crippen MR) is 66.0 cm³/mol. The molecule has 0 unspecified atom stereocenters. The third kappa shape index (κ3) is 2.23. The first-order chi connectivity index (χ1) is 8.34. The molecule has 0 radical (unpaired) electrons. The van der Waals surface area contributed by atoms with Crippen LogP contribution in [0.1, 0.15) is 31.5 Å². The van der Waals surface area contributed by atoms with Crippen molar-refractivity contribution in [3.05, 3.63) is 18.2 Å². The maximum atomic E-state index is 4.32. The van der Waals surface area contributed by atoms with Crippen molar-refractivity contribution in [3.63, 3.8) is 0 Å². The van der Waals surface area contributed by atoms with Crippen LogP contribution in [-0.2, 0) is 0 Å². The van der Waals surface area contributed by atoms with E-state index in [0.717, 1.165) is 29.8 Å². The Hall–Kier alpha value is -1.65. The molecule has 1 saturated carbocycles. The molecule has 0 aliphatic heterocycles. The number of fused-ring (bicyclic) bond motifs is 1. The Kier molecular flexibility index (Phi) is 2.66. The van der Waals surface area contributed by atoms with Crippen molar-refractivity contribution in [2.75, 3.05) is 11.9 Å². The fraction of sp³-hybridized carbons (Fsp3) is 0.583. The Morgan fingerprint density at radius 1 is 1.41 bits per heavy atom. The Labute approximate surface area is 100 Å². The number of anilines is 1. The summed E-state index contributed by atoms with van der Waals surface area (Å²) in [5.41, 5.74) is 0.816. The van der Waals surface area contributed by atoms with E-state index in [-0.39, 0.29) is 0 Å². The van der Waals surface area contributed by atoms with Crippen LogP contribution in [0.5, 0.6) is 0 Å². The van der Waals surface area contributed by atoms with Gasteiger partial charge in [0.05, 0.1) is 0 Å². The van der Waals surface area contributed by atoms with E-state index in [2.05, 4.69) is 20.5 Å². The van der Waals surface area contributed by atoms with Crippen LogP contribution in [0, 0.1) is 12.8 Å². The van der Waals surface area contributed by atoms with Crippen molar-refractivity contribution < 1.29 is 0 Å². The van der Waals surface area contributed by atoms with Crippen molar-refractivity contribution in [2.45, 2.75) is 32.6 Å². The Balaban J connectivity index is 1.66. The lowest BCUT2D eigenvalue weighted by Crippen LogP contribution is -2.05. The average Bonchev–Trinajstić information content (AvgIpc) is 3.09. The fourth-order valence-corrected chi connectivity index (χ4v) is 2.07. The Morgan fingerprint density at radius 3 is 3.12 bits per heavy atom. The molecule has 0 saturated heterocycles. The van der Waals surface area contributed by atoms with Crippen LogP contribution in [-0.4, -0.2) is 26.1 Å². The SMILES string of the molecule is Cc1nnc2c(NCCCC3CC3)nccn12. The smallest absolute Gasteiger partial charge is 0.203 e. The molecule has 0 amide bonds. The quantitative estimate of drug-likeness (QED) is 0.800. The van der Waals surface area contributed by atoms with Gasteiger partial charge in [0.2, 0.25) is 5.65 Å². The van der Waals surface area contributed by atoms with E-state index in [1.807, 2.05) is 17.5 Å². The highest BCUT2D eigenvalue weighted by Crippen LogP contribution is 2.33. The molecule has 90 valence electrons. The molecule has 0 bridgehead atoms. The van der Waals surface area contributed by atoms with E-state index in [1.54, 1.807) is 6.20 Å². The van der Waals surface area contributed by atoms with Gasteiger partial charge in [-0.15, -0.1) is 10.2 Å². The number of aromatic nitrogens is 4. The minimum Gasteiger partial charge on any atom is -0.367 e. The number of nitrogens with zero attached hydrogens (tertiary/aromatic N) is 4. The summed E-state index contributed by atoms with van der Waals surface area (Å²) in [4.78, 5) is 4.32. The minimum atomic E-state index is 0.816. The zero-order valence-corrected chi connectivity index (χ0v) is 10.1. The second-order valence-corrected chi connectivity index (χ2v) is 4.73.